The Kier molecular flexibility index (Phi) is 3.69. The SMILES string of the molecule is CN(C)[C@H]1C[C@@]23CC[C@@]4(O2)C(=CC[C@]2(C)C(c5cccnc5)=CCC24)C2CC23[C@@H](O)[C@@H]1O. The van der Waals surface area contributed by atoms with Crippen molar-refractivity contribution < 1.29 is 14.9 Å². The largest absolute Gasteiger partial charge is 0.390 e. The van der Waals surface area contributed by atoms with Crippen LogP contribution in [0.2, 0.25) is 0 Å². The van der Waals surface area contributed by atoms with Crippen molar-refractivity contribution >= 4 is 5.57 Å². The zero-order valence-electron chi connectivity index (χ0n) is 19.3. The van der Waals surface area contributed by atoms with Crippen molar-refractivity contribution in [1.29, 1.82) is 0 Å². The second-order valence-corrected chi connectivity index (χ2v) is 11.9. The molecule has 2 bridgehead atoms. The molecular weight excluding hydrogens is 400 g/mol. The number of likely N-dealkylation sites (N-methyl/N-ethyl adjacent to an activating group) is 1. The molecule has 2 N–H and O–H groups in total. The number of aromatic nitrogens is 1. The second-order valence-electron chi connectivity index (χ2n) is 11.9. The maximum atomic E-state index is 11.4. The summed E-state index contributed by atoms with van der Waals surface area (Å²) in [5.74, 6) is 0.781. The van der Waals surface area contributed by atoms with Gasteiger partial charge in [-0.3, -0.25) is 4.98 Å². The topological polar surface area (TPSA) is 65.8 Å². The van der Waals surface area contributed by atoms with Crippen molar-refractivity contribution in [1.82, 2.24) is 9.88 Å². The summed E-state index contributed by atoms with van der Waals surface area (Å²) in [5, 5.41) is 22.5. The van der Waals surface area contributed by atoms with E-state index >= 15 is 0 Å². The van der Waals surface area contributed by atoms with Crippen molar-refractivity contribution in [2.75, 3.05) is 14.1 Å². The fourth-order valence-corrected chi connectivity index (χ4v) is 9.15. The van der Waals surface area contributed by atoms with Crippen LogP contribution in [0, 0.1) is 22.7 Å². The minimum Gasteiger partial charge on any atom is -0.390 e. The molecule has 0 amide bonds. The molecule has 1 aromatic heterocycles. The number of aliphatic hydroxyl groups excluding tert-OH is 2. The average molecular weight is 435 g/mol. The highest BCUT2D eigenvalue weighted by Gasteiger charge is 2.84. The number of allylic oxidation sites excluding steroid dienone is 3. The third kappa shape index (κ3) is 2.01. The van der Waals surface area contributed by atoms with E-state index < -0.39 is 12.2 Å². The fraction of sp³-hybridized carbons (Fsp3) is 0.667. The summed E-state index contributed by atoms with van der Waals surface area (Å²) in [6, 6.07) is 4.15. The molecule has 32 heavy (non-hydrogen) atoms. The summed E-state index contributed by atoms with van der Waals surface area (Å²) in [5.41, 5.74) is 3.30. The number of nitrogens with zero attached hydrogens (tertiary/aromatic N) is 2. The van der Waals surface area contributed by atoms with Gasteiger partial charge in [-0.25, -0.2) is 0 Å². The Bertz CT molecular complexity index is 1050. The molecule has 3 heterocycles. The Morgan fingerprint density at radius 2 is 2.00 bits per heavy atom. The summed E-state index contributed by atoms with van der Waals surface area (Å²) < 4.78 is 7.37. The molecule has 5 heteroatoms. The highest BCUT2D eigenvalue weighted by Crippen LogP contribution is 2.81. The second kappa shape index (κ2) is 5.93. The van der Waals surface area contributed by atoms with Crippen LogP contribution < -0.4 is 0 Å². The minimum atomic E-state index is -0.716. The van der Waals surface area contributed by atoms with Gasteiger partial charge in [-0.05, 0) is 81.3 Å². The van der Waals surface area contributed by atoms with Gasteiger partial charge < -0.3 is 19.8 Å². The summed E-state index contributed by atoms with van der Waals surface area (Å²) >= 11 is 0. The van der Waals surface area contributed by atoms with Crippen molar-refractivity contribution in [2.45, 2.75) is 74.9 Å². The van der Waals surface area contributed by atoms with E-state index in [1.165, 1.54) is 16.7 Å². The molecule has 9 atom stereocenters. The van der Waals surface area contributed by atoms with Gasteiger partial charge in [0.05, 0.1) is 23.4 Å². The predicted octanol–water partition coefficient (Wildman–Crippen LogP) is 3.18. The van der Waals surface area contributed by atoms with E-state index in [-0.39, 0.29) is 28.1 Å². The number of hydrogen-bond donors (Lipinski definition) is 2. The standard InChI is InChI=1S/C27H34N2O3/c1-24-9-8-18-19-13-26(19)23(31)22(30)20(29(2)3)14-25(26)10-11-27(18,32-25)21(24)7-6-17(24)16-5-4-12-28-15-16/h4-6,8,12,15,19-23,30-31H,7,9-11,13-14H2,1-3H3/t19?,20-,21?,22+,23-,24+,25+,26?,27+/m0/s1. The van der Waals surface area contributed by atoms with E-state index in [2.05, 4.69) is 35.0 Å². The first-order valence-electron chi connectivity index (χ1n) is 12.3. The van der Waals surface area contributed by atoms with Crippen LogP contribution in [-0.4, -0.2) is 63.6 Å². The van der Waals surface area contributed by atoms with Crippen molar-refractivity contribution in [3.63, 3.8) is 0 Å². The molecule has 170 valence electrons. The number of rotatable bonds is 2. The van der Waals surface area contributed by atoms with Gasteiger partial charge in [-0.2, -0.15) is 0 Å². The summed E-state index contributed by atoms with van der Waals surface area (Å²) in [6.45, 7) is 2.43. The van der Waals surface area contributed by atoms with Crippen LogP contribution in [0.1, 0.15) is 51.0 Å². The number of ether oxygens (including phenoxy) is 1. The fourth-order valence-electron chi connectivity index (χ4n) is 9.15. The van der Waals surface area contributed by atoms with Crippen LogP contribution in [0.3, 0.4) is 0 Å². The molecule has 5 nitrogen and oxygen atoms in total. The lowest BCUT2D eigenvalue weighted by Crippen LogP contribution is -2.67. The quantitative estimate of drug-likeness (QED) is 0.700. The van der Waals surface area contributed by atoms with Crippen molar-refractivity contribution in [2.24, 2.45) is 22.7 Å². The highest BCUT2D eigenvalue weighted by molar-refractivity contribution is 5.74. The molecular formula is C27H34N2O3. The normalized spacial score (nSPS) is 52.5. The molecule has 2 aliphatic heterocycles. The van der Waals surface area contributed by atoms with Crippen LogP contribution in [0.5, 0.6) is 0 Å². The number of fused-ring (bicyclic) bond motifs is 2. The van der Waals surface area contributed by atoms with E-state index in [0.717, 1.165) is 38.5 Å². The van der Waals surface area contributed by atoms with Gasteiger partial charge in [0.25, 0.3) is 0 Å². The monoisotopic (exact) mass is 434 g/mol. The van der Waals surface area contributed by atoms with Crippen LogP contribution >= 0.6 is 0 Å². The first kappa shape index (κ1) is 19.9. The highest BCUT2D eigenvalue weighted by atomic mass is 16.5. The summed E-state index contributed by atoms with van der Waals surface area (Å²) in [7, 11) is 4.02. The third-order valence-electron chi connectivity index (χ3n) is 10.7. The molecule has 2 saturated heterocycles. The Morgan fingerprint density at radius 1 is 1.16 bits per heavy atom. The lowest BCUT2D eigenvalue weighted by atomic mass is 9.57. The number of pyridine rings is 1. The van der Waals surface area contributed by atoms with Gasteiger partial charge >= 0.3 is 0 Å². The van der Waals surface area contributed by atoms with E-state index in [1.54, 1.807) is 0 Å². The van der Waals surface area contributed by atoms with E-state index in [1.807, 2.05) is 32.6 Å². The molecule has 6 aliphatic rings. The predicted molar refractivity (Wildman–Crippen MR) is 122 cm³/mol. The van der Waals surface area contributed by atoms with Crippen LogP contribution in [0.25, 0.3) is 5.57 Å². The van der Waals surface area contributed by atoms with Gasteiger partial charge in [-0.15, -0.1) is 0 Å². The number of aliphatic hydroxyl groups is 2. The van der Waals surface area contributed by atoms with E-state index in [4.69, 9.17) is 4.74 Å². The summed E-state index contributed by atoms with van der Waals surface area (Å²) in [6.07, 6.45) is 13.2. The molecule has 7 rings (SSSR count). The molecule has 3 unspecified atom stereocenters. The van der Waals surface area contributed by atoms with E-state index in [9.17, 15) is 10.2 Å². The van der Waals surface area contributed by atoms with E-state index in [0.29, 0.717) is 11.8 Å². The molecule has 0 radical (unpaired) electrons. The molecule has 2 saturated carbocycles. The first-order valence-corrected chi connectivity index (χ1v) is 12.3. The zero-order chi connectivity index (χ0) is 22.1. The smallest absolute Gasteiger partial charge is 0.0961 e. The average Bonchev–Trinajstić information content (AvgIpc) is 3.31. The van der Waals surface area contributed by atoms with Gasteiger partial charge in [0.2, 0.25) is 0 Å². The lowest BCUT2D eigenvalue weighted by molar-refractivity contribution is -0.248. The molecule has 4 fully saturated rings. The van der Waals surface area contributed by atoms with Gasteiger partial charge in [0.1, 0.15) is 0 Å². The molecule has 4 aliphatic carbocycles. The Morgan fingerprint density at radius 3 is 2.75 bits per heavy atom. The van der Waals surface area contributed by atoms with Crippen molar-refractivity contribution in [3.8, 4) is 0 Å². The van der Waals surface area contributed by atoms with Crippen LogP contribution in [0.4, 0.5) is 0 Å². The minimum absolute atomic E-state index is 0.0424. The number of hydrogen-bond acceptors (Lipinski definition) is 5. The third-order valence-corrected chi connectivity index (χ3v) is 10.7. The molecule has 0 aromatic carbocycles. The molecule has 3 spiro atoms. The van der Waals surface area contributed by atoms with Gasteiger partial charge in [-0.1, -0.05) is 25.1 Å². The summed E-state index contributed by atoms with van der Waals surface area (Å²) in [4.78, 5) is 6.47. The van der Waals surface area contributed by atoms with Crippen LogP contribution in [0.15, 0.2) is 42.3 Å². The Balaban J connectivity index is 1.33. The molecule has 1 aromatic rings. The van der Waals surface area contributed by atoms with Crippen molar-refractivity contribution in [3.05, 3.63) is 47.8 Å². The first-order chi connectivity index (χ1) is 15.3. The lowest BCUT2D eigenvalue weighted by Gasteiger charge is -2.59. The maximum Gasteiger partial charge on any atom is 0.0961 e. The zero-order valence-corrected chi connectivity index (χ0v) is 19.3. The van der Waals surface area contributed by atoms with Gasteiger partial charge in [0, 0.05) is 35.2 Å². The Labute approximate surface area is 190 Å². The maximum absolute atomic E-state index is 11.4. The van der Waals surface area contributed by atoms with Crippen LogP contribution in [-0.2, 0) is 4.74 Å². The van der Waals surface area contributed by atoms with Gasteiger partial charge in [0.15, 0.2) is 0 Å². The Hall–Kier alpha value is -1.53.